The second kappa shape index (κ2) is 8.02. The lowest BCUT2D eigenvalue weighted by Crippen LogP contribution is -2.05. The van der Waals surface area contributed by atoms with Gasteiger partial charge in [0, 0.05) is 22.5 Å². The molecule has 90 valence electrons. The van der Waals surface area contributed by atoms with Crippen LogP contribution in [0.4, 0.5) is 5.69 Å². The molecule has 0 aliphatic carbocycles. The summed E-state index contributed by atoms with van der Waals surface area (Å²) in [6.45, 7) is 5.59. The first-order chi connectivity index (χ1) is 7.70. The van der Waals surface area contributed by atoms with Crippen LogP contribution in [0.25, 0.3) is 0 Å². The third-order valence-electron chi connectivity index (χ3n) is 2.28. The Morgan fingerprint density at radius 3 is 2.69 bits per heavy atom. The number of rotatable bonds is 7. The average molecular weight is 302 g/mol. The fourth-order valence-electron chi connectivity index (χ4n) is 1.28. The van der Waals surface area contributed by atoms with Gasteiger partial charge in [-0.05, 0) is 46.2 Å². The molecule has 0 saturated carbocycles. The Morgan fingerprint density at radius 2 is 2.00 bits per heavy atom. The van der Waals surface area contributed by atoms with E-state index in [0.29, 0.717) is 0 Å². The molecule has 0 aromatic heterocycles. The highest BCUT2D eigenvalue weighted by Crippen LogP contribution is 2.21. The van der Waals surface area contributed by atoms with Gasteiger partial charge in [0.1, 0.15) is 0 Å². The molecule has 0 fully saturated rings. The molecule has 1 nitrogen and oxygen atoms in total. The minimum atomic E-state index is 0.823. The highest BCUT2D eigenvalue weighted by molar-refractivity contribution is 9.10. The first-order valence-corrected chi connectivity index (χ1v) is 7.71. The number of hydrogen-bond acceptors (Lipinski definition) is 2. The molecule has 16 heavy (non-hydrogen) atoms. The SMILES string of the molecule is CC(C)CCSCCNc1ccccc1Br. The van der Waals surface area contributed by atoms with Crippen molar-refractivity contribution in [2.75, 3.05) is 23.4 Å². The van der Waals surface area contributed by atoms with Crippen molar-refractivity contribution in [3.8, 4) is 0 Å². The summed E-state index contributed by atoms with van der Waals surface area (Å²) < 4.78 is 1.14. The summed E-state index contributed by atoms with van der Waals surface area (Å²) in [7, 11) is 0. The lowest BCUT2D eigenvalue weighted by atomic mass is 10.2. The molecule has 0 radical (unpaired) electrons. The minimum Gasteiger partial charge on any atom is -0.383 e. The maximum absolute atomic E-state index is 3.53. The van der Waals surface area contributed by atoms with Crippen LogP contribution in [0.5, 0.6) is 0 Å². The molecule has 1 N–H and O–H groups in total. The lowest BCUT2D eigenvalue weighted by Gasteiger charge is -2.08. The first-order valence-electron chi connectivity index (χ1n) is 5.76. The molecule has 0 amide bonds. The summed E-state index contributed by atoms with van der Waals surface area (Å²) in [5, 5.41) is 3.43. The summed E-state index contributed by atoms with van der Waals surface area (Å²) in [5.74, 6) is 3.27. The van der Waals surface area contributed by atoms with E-state index in [2.05, 4.69) is 53.3 Å². The van der Waals surface area contributed by atoms with Crippen molar-refractivity contribution >= 4 is 33.4 Å². The van der Waals surface area contributed by atoms with Crippen LogP contribution >= 0.6 is 27.7 Å². The quantitative estimate of drug-likeness (QED) is 0.736. The second-order valence-corrected chi connectivity index (χ2v) is 6.28. The maximum atomic E-state index is 3.53. The van der Waals surface area contributed by atoms with Crippen LogP contribution in [0.15, 0.2) is 28.7 Å². The van der Waals surface area contributed by atoms with Gasteiger partial charge < -0.3 is 5.32 Å². The molecule has 1 aromatic carbocycles. The number of nitrogens with one attached hydrogen (secondary N) is 1. The van der Waals surface area contributed by atoms with Gasteiger partial charge in [0.05, 0.1) is 0 Å². The number of halogens is 1. The van der Waals surface area contributed by atoms with Crippen molar-refractivity contribution < 1.29 is 0 Å². The zero-order chi connectivity index (χ0) is 11.8. The van der Waals surface area contributed by atoms with Gasteiger partial charge in [0.25, 0.3) is 0 Å². The topological polar surface area (TPSA) is 12.0 Å². The number of hydrogen-bond donors (Lipinski definition) is 1. The molecule has 1 rings (SSSR count). The van der Waals surface area contributed by atoms with Crippen LogP contribution in [-0.2, 0) is 0 Å². The highest BCUT2D eigenvalue weighted by atomic mass is 79.9. The van der Waals surface area contributed by atoms with Crippen molar-refractivity contribution in [3.63, 3.8) is 0 Å². The third-order valence-corrected chi connectivity index (χ3v) is 3.98. The van der Waals surface area contributed by atoms with E-state index < -0.39 is 0 Å². The zero-order valence-electron chi connectivity index (χ0n) is 10.0. The summed E-state index contributed by atoms with van der Waals surface area (Å²) >= 11 is 5.56. The van der Waals surface area contributed by atoms with Gasteiger partial charge in [-0.25, -0.2) is 0 Å². The molecule has 0 atom stereocenters. The Hall–Kier alpha value is -0.150. The standard InChI is InChI=1S/C13H20BrNS/c1-11(2)7-9-16-10-8-15-13-6-4-3-5-12(13)14/h3-6,11,15H,7-10H2,1-2H3. The van der Waals surface area contributed by atoms with E-state index in [4.69, 9.17) is 0 Å². The van der Waals surface area contributed by atoms with E-state index in [9.17, 15) is 0 Å². The minimum absolute atomic E-state index is 0.823. The van der Waals surface area contributed by atoms with E-state index in [0.717, 1.165) is 16.9 Å². The smallest absolute Gasteiger partial charge is 0.0484 e. The van der Waals surface area contributed by atoms with Crippen molar-refractivity contribution in [2.24, 2.45) is 5.92 Å². The van der Waals surface area contributed by atoms with Gasteiger partial charge in [0.2, 0.25) is 0 Å². The summed E-state index contributed by atoms with van der Waals surface area (Å²) in [5.41, 5.74) is 1.19. The molecule has 0 unspecified atom stereocenters. The van der Waals surface area contributed by atoms with E-state index in [1.807, 2.05) is 17.8 Å². The van der Waals surface area contributed by atoms with Crippen molar-refractivity contribution in [1.82, 2.24) is 0 Å². The van der Waals surface area contributed by atoms with Crippen LogP contribution < -0.4 is 5.32 Å². The van der Waals surface area contributed by atoms with Crippen LogP contribution in [0.2, 0.25) is 0 Å². The summed E-state index contributed by atoms with van der Waals surface area (Å²) in [6, 6.07) is 8.25. The van der Waals surface area contributed by atoms with Crippen LogP contribution in [0.3, 0.4) is 0 Å². The molecule has 0 heterocycles. The van der Waals surface area contributed by atoms with Crippen molar-refractivity contribution in [1.29, 1.82) is 0 Å². The zero-order valence-corrected chi connectivity index (χ0v) is 12.4. The molecule has 0 aliphatic rings. The van der Waals surface area contributed by atoms with Crippen molar-refractivity contribution in [3.05, 3.63) is 28.7 Å². The fourth-order valence-corrected chi connectivity index (χ4v) is 2.80. The maximum Gasteiger partial charge on any atom is 0.0484 e. The van der Waals surface area contributed by atoms with E-state index in [1.54, 1.807) is 0 Å². The predicted molar refractivity (Wildman–Crippen MR) is 79.4 cm³/mol. The van der Waals surface area contributed by atoms with Gasteiger partial charge in [-0.15, -0.1) is 0 Å². The van der Waals surface area contributed by atoms with Gasteiger partial charge in [-0.2, -0.15) is 11.8 Å². The summed E-state index contributed by atoms with van der Waals surface area (Å²) in [6.07, 6.45) is 1.32. The monoisotopic (exact) mass is 301 g/mol. The molecule has 1 aromatic rings. The molecule has 3 heteroatoms. The molecular formula is C13H20BrNS. The Kier molecular flexibility index (Phi) is 6.97. The number of anilines is 1. The number of benzene rings is 1. The number of thioether (sulfide) groups is 1. The largest absolute Gasteiger partial charge is 0.383 e. The average Bonchev–Trinajstić information content (AvgIpc) is 2.25. The number of para-hydroxylation sites is 1. The Bertz CT molecular complexity index is 302. The van der Waals surface area contributed by atoms with Crippen molar-refractivity contribution in [2.45, 2.75) is 20.3 Å². The third kappa shape index (κ3) is 5.80. The second-order valence-electron chi connectivity index (χ2n) is 4.20. The molecular weight excluding hydrogens is 282 g/mol. The van der Waals surface area contributed by atoms with E-state index in [-0.39, 0.29) is 0 Å². The molecule has 0 aliphatic heterocycles. The van der Waals surface area contributed by atoms with Crippen LogP contribution in [-0.4, -0.2) is 18.1 Å². The Balaban J connectivity index is 2.10. The first kappa shape index (κ1) is 13.9. The van der Waals surface area contributed by atoms with Gasteiger partial charge in [-0.1, -0.05) is 26.0 Å². The van der Waals surface area contributed by atoms with Crippen LogP contribution in [0, 0.1) is 5.92 Å². The summed E-state index contributed by atoms with van der Waals surface area (Å²) in [4.78, 5) is 0. The highest BCUT2D eigenvalue weighted by Gasteiger charge is 1.97. The Morgan fingerprint density at radius 1 is 1.25 bits per heavy atom. The van der Waals surface area contributed by atoms with Gasteiger partial charge >= 0.3 is 0 Å². The molecule has 0 spiro atoms. The van der Waals surface area contributed by atoms with E-state index >= 15 is 0 Å². The molecule has 0 bridgehead atoms. The van der Waals surface area contributed by atoms with Gasteiger partial charge in [-0.3, -0.25) is 0 Å². The normalized spacial score (nSPS) is 10.8. The predicted octanol–water partition coefficient (Wildman–Crippen LogP) is 4.64. The molecule has 0 saturated heterocycles. The Labute approximate surface area is 112 Å². The van der Waals surface area contributed by atoms with Crippen LogP contribution in [0.1, 0.15) is 20.3 Å². The van der Waals surface area contributed by atoms with Gasteiger partial charge in [0.15, 0.2) is 0 Å². The fraction of sp³-hybridized carbons (Fsp3) is 0.538. The van der Waals surface area contributed by atoms with E-state index in [1.165, 1.54) is 23.6 Å². The lowest BCUT2D eigenvalue weighted by molar-refractivity contribution is 0.632.